The number of rotatable bonds is 5. The summed E-state index contributed by atoms with van der Waals surface area (Å²) in [7, 11) is 0. The maximum Gasteiger partial charge on any atom is 0.223 e. The summed E-state index contributed by atoms with van der Waals surface area (Å²) in [6.45, 7) is 7.31. The summed E-state index contributed by atoms with van der Waals surface area (Å²) in [4.78, 5) is 26.6. The molecule has 0 aliphatic carbocycles. The van der Waals surface area contributed by atoms with E-state index in [-0.39, 0.29) is 43.0 Å². The molecule has 2 rings (SSSR count). The summed E-state index contributed by atoms with van der Waals surface area (Å²) in [5.41, 5.74) is 8.48. The second-order valence-electron chi connectivity index (χ2n) is 6.47. The van der Waals surface area contributed by atoms with Crippen molar-refractivity contribution in [2.75, 3.05) is 13.1 Å². The minimum atomic E-state index is 0. The number of benzene rings is 1. The summed E-state index contributed by atoms with van der Waals surface area (Å²) in [6.07, 6.45) is 1.53. The first-order chi connectivity index (χ1) is 10.4. The van der Waals surface area contributed by atoms with Gasteiger partial charge < -0.3 is 10.6 Å². The van der Waals surface area contributed by atoms with E-state index >= 15 is 0 Å². The fourth-order valence-corrected chi connectivity index (χ4v) is 3.20. The molecule has 1 heterocycles. The van der Waals surface area contributed by atoms with E-state index in [1.165, 1.54) is 0 Å². The fraction of sp³-hybridized carbons (Fsp3) is 0.556. The minimum Gasteiger partial charge on any atom is -0.340 e. The Morgan fingerprint density at radius 1 is 1.26 bits per heavy atom. The molecular weight excluding hydrogens is 312 g/mol. The summed E-state index contributed by atoms with van der Waals surface area (Å²) in [5.74, 6) is 0.521. The molecule has 2 N–H and O–H groups in total. The molecule has 5 heteroatoms. The highest BCUT2D eigenvalue weighted by Gasteiger charge is 2.31. The quantitative estimate of drug-likeness (QED) is 0.840. The third-order valence-electron chi connectivity index (χ3n) is 4.57. The Hall–Kier alpha value is -1.39. The third-order valence-corrected chi connectivity index (χ3v) is 4.57. The van der Waals surface area contributed by atoms with E-state index in [1.807, 2.05) is 36.9 Å². The zero-order valence-corrected chi connectivity index (χ0v) is 15.0. The number of aryl methyl sites for hydroxylation is 2. The summed E-state index contributed by atoms with van der Waals surface area (Å²) < 4.78 is 0. The van der Waals surface area contributed by atoms with Crippen LogP contribution in [0.15, 0.2) is 18.2 Å². The molecule has 128 valence electrons. The lowest BCUT2D eigenvalue weighted by Gasteiger charge is -2.21. The molecule has 0 spiro atoms. The lowest BCUT2D eigenvalue weighted by atomic mass is 9.99. The maximum atomic E-state index is 12.3. The van der Waals surface area contributed by atoms with Crippen LogP contribution in [0.2, 0.25) is 0 Å². The number of carbonyl (C=O) groups excluding carboxylic acids is 2. The maximum absolute atomic E-state index is 12.3. The van der Waals surface area contributed by atoms with Crippen molar-refractivity contribution in [2.24, 2.45) is 11.7 Å². The van der Waals surface area contributed by atoms with Gasteiger partial charge in [-0.25, -0.2) is 0 Å². The molecule has 2 atom stereocenters. The summed E-state index contributed by atoms with van der Waals surface area (Å²) in [5, 5.41) is 0. The first-order valence-electron chi connectivity index (χ1n) is 8.02. The van der Waals surface area contributed by atoms with Crippen LogP contribution in [0.4, 0.5) is 0 Å². The van der Waals surface area contributed by atoms with Gasteiger partial charge in [-0.05, 0) is 51.3 Å². The standard InChI is InChI=1S/C18H26N2O2.ClH/c1-12-4-5-13(2)16(8-12)17(21)6-7-18(22)20-11-15(10-19)9-14(20)3;/h4-5,8,14-15H,6-7,9-11,19H2,1-3H3;1H. The lowest BCUT2D eigenvalue weighted by Crippen LogP contribution is -2.34. The van der Waals surface area contributed by atoms with Gasteiger partial charge >= 0.3 is 0 Å². The molecule has 1 saturated heterocycles. The normalized spacial score (nSPS) is 20.3. The Balaban J connectivity index is 0.00000264. The molecule has 1 aromatic rings. The van der Waals surface area contributed by atoms with Crippen LogP contribution < -0.4 is 5.73 Å². The molecule has 23 heavy (non-hydrogen) atoms. The molecule has 1 aromatic carbocycles. The molecule has 2 unspecified atom stereocenters. The number of ketones is 1. The van der Waals surface area contributed by atoms with Crippen LogP contribution in [0, 0.1) is 19.8 Å². The molecule has 0 bridgehead atoms. The van der Waals surface area contributed by atoms with Crippen molar-refractivity contribution >= 4 is 24.1 Å². The Morgan fingerprint density at radius 3 is 2.57 bits per heavy atom. The third kappa shape index (κ3) is 4.79. The highest BCUT2D eigenvalue weighted by Crippen LogP contribution is 2.23. The smallest absolute Gasteiger partial charge is 0.223 e. The van der Waals surface area contributed by atoms with E-state index in [4.69, 9.17) is 5.73 Å². The van der Waals surface area contributed by atoms with Gasteiger partial charge in [0.15, 0.2) is 5.78 Å². The van der Waals surface area contributed by atoms with Crippen molar-refractivity contribution in [3.63, 3.8) is 0 Å². The largest absolute Gasteiger partial charge is 0.340 e. The topological polar surface area (TPSA) is 63.4 Å². The Bertz CT molecular complexity index is 574. The van der Waals surface area contributed by atoms with Crippen molar-refractivity contribution in [3.05, 3.63) is 34.9 Å². The molecule has 1 aliphatic rings. The summed E-state index contributed by atoms with van der Waals surface area (Å²) >= 11 is 0. The molecule has 0 radical (unpaired) electrons. The monoisotopic (exact) mass is 338 g/mol. The van der Waals surface area contributed by atoms with Crippen LogP contribution in [0.25, 0.3) is 0 Å². The van der Waals surface area contributed by atoms with E-state index < -0.39 is 0 Å². The Labute approximate surface area is 144 Å². The SMILES string of the molecule is Cc1ccc(C)c(C(=O)CCC(=O)N2CC(CN)CC2C)c1.Cl. The average molecular weight is 339 g/mol. The number of nitrogens with zero attached hydrogens (tertiary/aromatic N) is 1. The average Bonchev–Trinajstić information content (AvgIpc) is 2.88. The van der Waals surface area contributed by atoms with Gasteiger partial charge in [0.05, 0.1) is 0 Å². The van der Waals surface area contributed by atoms with E-state index in [0.717, 1.165) is 29.7 Å². The number of hydrogen-bond acceptors (Lipinski definition) is 3. The zero-order valence-electron chi connectivity index (χ0n) is 14.2. The molecule has 0 saturated carbocycles. The zero-order chi connectivity index (χ0) is 16.3. The molecule has 4 nitrogen and oxygen atoms in total. The fourth-order valence-electron chi connectivity index (χ4n) is 3.20. The molecule has 0 aromatic heterocycles. The van der Waals surface area contributed by atoms with Crippen LogP contribution in [0.3, 0.4) is 0 Å². The van der Waals surface area contributed by atoms with Crippen LogP contribution in [-0.2, 0) is 4.79 Å². The lowest BCUT2D eigenvalue weighted by molar-refractivity contribution is -0.131. The minimum absolute atomic E-state index is 0. The first-order valence-corrected chi connectivity index (χ1v) is 8.02. The number of carbonyl (C=O) groups is 2. The number of halogens is 1. The number of Topliss-reactive ketones (excluding diaryl/α,β-unsaturated/α-hetero) is 1. The summed E-state index contributed by atoms with van der Waals surface area (Å²) in [6, 6.07) is 6.09. The molecular formula is C18H27ClN2O2. The van der Waals surface area contributed by atoms with Gasteiger partial charge in [0.2, 0.25) is 5.91 Å². The molecule has 1 fully saturated rings. The molecule has 1 amide bonds. The number of amides is 1. The predicted molar refractivity (Wildman–Crippen MR) is 95.1 cm³/mol. The van der Waals surface area contributed by atoms with E-state index in [0.29, 0.717) is 12.5 Å². The highest BCUT2D eigenvalue weighted by atomic mass is 35.5. The van der Waals surface area contributed by atoms with Gasteiger partial charge in [-0.3, -0.25) is 9.59 Å². The van der Waals surface area contributed by atoms with Crippen molar-refractivity contribution in [2.45, 2.75) is 46.1 Å². The van der Waals surface area contributed by atoms with E-state index in [9.17, 15) is 9.59 Å². The number of nitrogens with two attached hydrogens (primary N) is 1. The van der Waals surface area contributed by atoms with Crippen LogP contribution in [0.1, 0.15) is 47.7 Å². The van der Waals surface area contributed by atoms with Crippen LogP contribution in [0.5, 0.6) is 0 Å². The van der Waals surface area contributed by atoms with E-state index in [2.05, 4.69) is 6.92 Å². The van der Waals surface area contributed by atoms with Gasteiger partial charge in [-0.15, -0.1) is 12.4 Å². The Morgan fingerprint density at radius 2 is 1.96 bits per heavy atom. The molecule has 1 aliphatic heterocycles. The van der Waals surface area contributed by atoms with Gasteiger partial charge in [0.1, 0.15) is 0 Å². The van der Waals surface area contributed by atoms with Crippen molar-refractivity contribution in [1.82, 2.24) is 4.90 Å². The van der Waals surface area contributed by atoms with E-state index in [1.54, 1.807) is 0 Å². The van der Waals surface area contributed by atoms with Gasteiger partial charge in [-0.2, -0.15) is 0 Å². The van der Waals surface area contributed by atoms with Crippen molar-refractivity contribution < 1.29 is 9.59 Å². The van der Waals surface area contributed by atoms with Crippen molar-refractivity contribution in [3.8, 4) is 0 Å². The number of likely N-dealkylation sites (tertiary alicyclic amines) is 1. The van der Waals surface area contributed by atoms with Crippen molar-refractivity contribution in [1.29, 1.82) is 0 Å². The second kappa shape index (κ2) is 8.46. The van der Waals surface area contributed by atoms with Gasteiger partial charge in [0.25, 0.3) is 0 Å². The van der Waals surface area contributed by atoms with Gasteiger partial charge in [0, 0.05) is 31.0 Å². The first kappa shape index (κ1) is 19.7. The number of hydrogen-bond donors (Lipinski definition) is 1. The van der Waals surface area contributed by atoms with Crippen LogP contribution >= 0.6 is 12.4 Å². The van der Waals surface area contributed by atoms with Gasteiger partial charge in [-0.1, -0.05) is 17.7 Å². The predicted octanol–water partition coefficient (Wildman–Crippen LogP) is 2.88. The second-order valence-corrected chi connectivity index (χ2v) is 6.47. The van der Waals surface area contributed by atoms with Crippen LogP contribution in [-0.4, -0.2) is 35.7 Å². The Kier molecular flexibility index (Phi) is 7.23. The highest BCUT2D eigenvalue weighted by molar-refractivity contribution is 5.99.